The van der Waals surface area contributed by atoms with Crippen molar-refractivity contribution in [1.82, 2.24) is 4.90 Å². The zero-order valence-electron chi connectivity index (χ0n) is 11.6. The fraction of sp³-hybridized carbons (Fsp3) is 0.429. The summed E-state index contributed by atoms with van der Waals surface area (Å²) in [6, 6.07) is 5.01. The van der Waals surface area contributed by atoms with Gasteiger partial charge in [-0.15, -0.1) is 0 Å². The minimum Gasteiger partial charge on any atom is -0.495 e. The maximum absolute atomic E-state index is 12.4. The Balaban J connectivity index is 2.22. The van der Waals surface area contributed by atoms with Crippen LogP contribution in [0.3, 0.4) is 0 Å². The van der Waals surface area contributed by atoms with Gasteiger partial charge < -0.3 is 19.7 Å². The summed E-state index contributed by atoms with van der Waals surface area (Å²) < 4.78 is 10.4. The van der Waals surface area contributed by atoms with Gasteiger partial charge in [0.2, 0.25) is 5.91 Å². The van der Waals surface area contributed by atoms with Crippen LogP contribution in [0.4, 0.5) is 5.69 Å². The predicted octanol–water partition coefficient (Wildman–Crippen LogP) is 1.13. The van der Waals surface area contributed by atoms with Gasteiger partial charge in [-0.1, -0.05) is 0 Å². The highest BCUT2D eigenvalue weighted by molar-refractivity contribution is 5.98. The van der Waals surface area contributed by atoms with E-state index in [9.17, 15) is 9.59 Å². The first-order chi connectivity index (χ1) is 9.61. The van der Waals surface area contributed by atoms with Crippen molar-refractivity contribution in [2.24, 2.45) is 0 Å². The van der Waals surface area contributed by atoms with Crippen molar-refractivity contribution in [3.8, 4) is 5.75 Å². The summed E-state index contributed by atoms with van der Waals surface area (Å²) in [6.45, 7) is 3.69. The normalized spacial score (nSPS) is 14.8. The molecule has 1 aromatic rings. The highest BCUT2D eigenvalue weighted by Gasteiger charge is 2.19. The van der Waals surface area contributed by atoms with Crippen molar-refractivity contribution in [3.63, 3.8) is 0 Å². The molecule has 0 spiro atoms. The molecule has 0 aromatic heterocycles. The fourth-order valence-electron chi connectivity index (χ4n) is 2.08. The van der Waals surface area contributed by atoms with Gasteiger partial charge >= 0.3 is 0 Å². The fourth-order valence-corrected chi connectivity index (χ4v) is 2.08. The SMILES string of the molecule is COc1ccc(C(=O)N2CCOCC2)cc1NC(C)=O. The lowest BCUT2D eigenvalue weighted by Crippen LogP contribution is -2.40. The standard InChI is InChI=1S/C14H18N2O4/c1-10(17)15-12-9-11(3-4-13(12)19-2)14(18)16-5-7-20-8-6-16/h3-4,9H,5-8H2,1-2H3,(H,15,17). The van der Waals surface area contributed by atoms with Crippen LogP contribution >= 0.6 is 0 Å². The number of hydrogen-bond acceptors (Lipinski definition) is 4. The number of hydrogen-bond donors (Lipinski definition) is 1. The van der Waals surface area contributed by atoms with Gasteiger partial charge in [0, 0.05) is 25.6 Å². The molecule has 0 bridgehead atoms. The number of anilines is 1. The molecule has 1 aliphatic heterocycles. The Morgan fingerprint density at radius 2 is 2.00 bits per heavy atom. The van der Waals surface area contributed by atoms with Gasteiger partial charge in [0.15, 0.2) is 0 Å². The van der Waals surface area contributed by atoms with Crippen LogP contribution in [0.1, 0.15) is 17.3 Å². The maximum atomic E-state index is 12.4. The molecule has 0 radical (unpaired) electrons. The first-order valence-corrected chi connectivity index (χ1v) is 6.44. The molecule has 0 saturated carbocycles. The quantitative estimate of drug-likeness (QED) is 0.900. The van der Waals surface area contributed by atoms with Gasteiger partial charge in [-0.2, -0.15) is 0 Å². The number of carbonyl (C=O) groups is 2. The zero-order chi connectivity index (χ0) is 14.5. The van der Waals surface area contributed by atoms with Crippen LogP contribution in [0.15, 0.2) is 18.2 Å². The highest BCUT2D eigenvalue weighted by Crippen LogP contribution is 2.26. The Morgan fingerprint density at radius 3 is 2.60 bits per heavy atom. The Morgan fingerprint density at radius 1 is 1.30 bits per heavy atom. The van der Waals surface area contributed by atoms with Crippen LogP contribution in [-0.2, 0) is 9.53 Å². The molecule has 6 heteroatoms. The molecular formula is C14H18N2O4. The lowest BCUT2D eigenvalue weighted by atomic mass is 10.1. The van der Waals surface area contributed by atoms with Gasteiger partial charge in [-0.25, -0.2) is 0 Å². The molecule has 1 heterocycles. The van der Waals surface area contributed by atoms with Gasteiger partial charge in [0.1, 0.15) is 5.75 Å². The summed E-state index contributed by atoms with van der Waals surface area (Å²) in [5.74, 6) is 0.251. The number of morpholine rings is 1. The van der Waals surface area contributed by atoms with E-state index in [0.29, 0.717) is 43.3 Å². The molecule has 1 fully saturated rings. The minimum atomic E-state index is -0.209. The average molecular weight is 278 g/mol. The van der Waals surface area contributed by atoms with Crippen LogP contribution in [0.25, 0.3) is 0 Å². The van der Waals surface area contributed by atoms with Gasteiger partial charge in [0.25, 0.3) is 5.91 Å². The Labute approximate surface area is 117 Å². The summed E-state index contributed by atoms with van der Waals surface area (Å²) >= 11 is 0. The second-order valence-electron chi connectivity index (χ2n) is 4.50. The molecular weight excluding hydrogens is 260 g/mol. The Kier molecular flexibility index (Phi) is 4.57. The van der Waals surface area contributed by atoms with Crippen molar-refractivity contribution in [2.45, 2.75) is 6.92 Å². The molecule has 2 amide bonds. The van der Waals surface area contributed by atoms with Crippen LogP contribution in [0.5, 0.6) is 5.75 Å². The molecule has 20 heavy (non-hydrogen) atoms. The minimum absolute atomic E-state index is 0.0671. The Hall–Kier alpha value is -2.08. The molecule has 6 nitrogen and oxygen atoms in total. The number of ether oxygens (including phenoxy) is 2. The molecule has 0 aliphatic carbocycles. The molecule has 1 N–H and O–H groups in total. The van der Waals surface area contributed by atoms with Crippen molar-refractivity contribution in [3.05, 3.63) is 23.8 Å². The predicted molar refractivity (Wildman–Crippen MR) is 74.0 cm³/mol. The third kappa shape index (κ3) is 3.27. The highest BCUT2D eigenvalue weighted by atomic mass is 16.5. The second kappa shape index (κ2) is 6.38. The van der Waals surface area contributed by atoms with Crippen molar-refractivity contribution in [1.29, 1.82) is 0 Å². The summed E-state index contributed by atoms with van der Waals surface area (Å²) in [5, 5.41) is 2.66. The molecule has 108 valence electrons. The van der Waals surface area contributed by atoms with Crippen molar-refractivity contribution < 1.29 is 19.1 Å². The van der Waals surface area contributed by atoms with Gasteiger partial charge in [-0.05, 0) is 18.2 Å². The first kappa shape index (κ1) is 14.3. The summed E-state index contributed by atoms with van der Waals surface area (Å²) in [4.78, 5) is 25.3. The van der Waals surface area contributed by atoms with E-state index in [4.69, 9.17) is 9.47 Å². The number of benzene rings is 1. The van der Waals surface area contributed by atoms with Crippen LogP contribution in [0, 0.1) is 0 Å². The van der Waals surface area contributed by atoms with E-state index >= 15 is 0 Å². The van der Waals surface area contributed by atoms with E-state index in [2.05, 4.69) is 5.32 Å². The van der Waals surface area contributed by atoms with E-state index in [-0.39, 0.29) is 11.8 Å². The number of amides is 2. The molecule has 2 rings (SSSR count). The van der Waals surface area contributed by atoms with Crippen molar-refractivity contribution >= 4 is 17.5 Å². The number of methoxy groups -OCH3 is 1. The number of carbonyl (C=O) groups excluding carboxylic acids is 2. The van der Waals surface area contributed by atoms with E-state index in [1.165, 1.54) is 14.0 Å². The molecule has 0 atom stereocenters. The second-order valence-corrected chi connectivity index (χ2v) is 4.50. The van der Waals surface area contributed by atoms with Gasteiger partial charge in [-0.3, -0.25) is 9.59 Å². The lowest BCUT2D eigenvalue weighted by molar-refractivity contribution is -0.114. The first-order valence-electron chi connectivity index (χ1n) is 6.44. The van der Waals surface area contributed by atoms with Crippen LogP contribution in [-0.4, -0.2) is 50.1 Å². The van der Waals surface area contributed by atoms with E-state index in [0.717, 1.165) is 0 Å². The smallest absolute Gasteiger partial charge is 0.254 e. The lowest BCUT2D eigenvalue weighted by Gasteiger charge is -2.27. The monoisotopic (exact) mass is 278 g/mol. The number of nitrogens with one attached hydrogen (secondary N) is 1. The van der Waals surface area contributed by atoms with Crippen LogP contribution in [0.2, 0.25) is 0 Å². The van der Waals surface area contributed by atoms with E-state index < -0.39 is 0 Å². The maximum Gasteiger partial charge on any atom is 0.254 e. The zero-order valence-corrected chi connectivity index (χ0v) is 11.6. The molecule has 1 aliphatic rings. The van der Waals surface area contributed by atoms with Crippen molar-refractivity contribution in [2.75, 3.05) is 38.7 Å². The number of rotatable bonds is 3. The number of nitrogens with zero attached hydrogens (tertiary/aromatic N) is 1. The third-order valence-corrected chi connectivity index (χ3v) is 3.06. The summed E-state index contributed by atoms with van der Waals surface area (Å²) in [7, 11) is 1.52. The molecule has 1 aromatic carbocycles. The topological polar surface area (TPSA) is 67.9 Å². The molecule has 0 unspecified atom stereocenters. The molecule has 1 saturated heterocycles. The third-order valence-electron chi connectivity index (χ3n) is 3.06. The van der Waals surface area contributed by atoms with Crippen LogP contribution < -0.4 is 10.1 Å². The van der Waals surface area contributed by atoms with E-state index in [1.807, 2.05) is 0 Å². The summed E-state index contributed by atoms with van der Waals surface area (Å²) in [5.41, 5.74) is 1.02. The van der Waals surface area contributed by atoms with E-state index in [1.54, 1.807) is 23.1 Å². The largest absolute Gasteiger partial charge is 0.495 e. The summed E-state index contributed by atoms with van der Waals surface area (Å²) in [6.07, 6.45) is 0. The van der Waals surface area contributed by atoms with Gasteiger partial charge in [0.05, 0.1) is 26.0 Å². The Bertz CT molecular complexity index is 510. The average Bonchev–Trinajstić information content (AvgIpc) is 2.46.